The summed E-state index contributed by atoms with van der Waals surface area (Å²) in [6.45, 7) is 6.46. The Morgan fingerprint density at radius 1 is 1.09 bits per heavy atom. The fourth-order valence-electron chi connectivity index (χ4n) is 4.36. The molecule has 3 aliphatic heterocycles. The van der Waals surface area contributed by atoms with Gasteiger partial charge in [0.25, 0.3) is 0 Å². The van der Waals surface area contributed by atoms with E-state index in [-0.39, 0.29) is 0 Å². The van der Waals surface area contributed by atoms with Gasteiger partial charge in [-0.25, -0.2) is 4.99 Å². The molecule has 178 valence electrons. The summed E-state index contributed by atoms with van der Waals surface area (Å²) >= 11 is 6.43. The van der Waals surface area contributed by atoms with Crippen molar-refractivity contribution in [1.29, 1.82) is 0 Å². The van der Waals surface area contributed by atoms with Crippen LogP contribution in [-0.2, 0) is 0 Å². The third kappa shape index (κ3) is 4.76. The number of anilines is 2. The van der Waals surface area contributed by atoms with E-state index in [1.807, 2.05) is 36.5 Å². The second kappa shape index (κ2) is 9.68. The summed E-state index contributed by atoms with van der Waals surface area (Å²) in [5.41, 5.74) is 13.0. The van der Waals surface area contributed by atoms with Gasteiger partial charge in [-0.15, -0.1) is 0 Å². The molecular formula is C25H30ClN7O. The number of nitrogens with one attached hydrogen (secondary N) is 4. The molecule has 0 aromatic heterocycles. The zero-order valence-electron chi connectivity index (χ0n) is 19.4. The number of hydrogen-bond donors (Lipinski definition) is 5. The molecule has 8 nitrogen and oxygen atoms in total. The number of aliphatic imine (C=N–C) groups is 1. The molecule has 0 bridgehead atoms. The first-order valence-corrected chi connectivity index (χ1v) is 11.9. The summed E-state index contributed by atoms with van der Waals surface area (Å²) in [5, 5.41) is 18.0. The molecular weight excluding hydrogens is 450 g/mol. The number of fused-ring (bicyclic) bond motifs is 1. The van der Waals surface area contributed by atoms with Crippen LogP contribution in [0, 0.1) is 6.92 Å². The van der Waals surface area contributed by atoms with Crippen LogP contribution in [0.4, 0.5) is 17.1 Å². The highest BCUT2D eigenvalue weighted by Gasteiger charge is 2.22. The quantitative estimate of drug-likeness (QED) is 0.460. The summed E-state index contributed by atoms with van der Waals surface area (Å²) in [4.78, 5) is 9.12. The van der Waals surface area contributed by atoms with Crippen molar-refractivity contribution in [1.82, 2.24) is 20.5 Å². The van der Waals surface area contributed by atoms with Crippen molar-refractivity contribution in [3.63, 3.8) is 0 Å². The molecule has 0 spiro atoms. The van der Waals surface area contributed by atoms with Crippen LogP contribution < -0.4 is 21.5 Å². The van der Waals surface area contributed by atoms with Gasteiger partial charge in [0.1, 0.15) is 6.23 Å². The first-order valence-electron chi connectivity index (χ1n) is 11.5. The maximum atomic E-state index is 10.7. The van der Waals surface area contributed by atoms with Crippen LogP contribution in [0.15, 0.2) is 58.7 Å². The molecule has 3 aliphatic rings. The topological polar surface area (TPSA) is 87.2 Å². The Morgan fingerprint density at radius 3 is 2.59 bits per heavy atom. The van der Waals surface area contributed by atoms with E-state index in [4.69, 9.17) is 16.6 Å². The number of likely N-dealkylation sites (N-methyl/N-ethyl adjacent to an activating group) is 1. The van der Waals surface area contributed by atoms with E-state index in [0.29, 0.717) is 5.96 Å². The monoisotopic (exact) mass is 479 g/mol. The third-order valence-electron chi connectivity index (χ3n) is 6.44. The van der Waals surface area contributed by atoms with Crippen molar-refractivity contribution in [3.8, 4) is 0 Å². The number of dihydropyridines is 1. The molecule has 1 fully saturated rings. The standard InChI is InChI=1S/C25H30ClN7O/c1-16-13-22-23(14-19(16)20-15-27-8-7-21(20)26)30-31-25(29-22)28-18-5-3-17(4-6-18)24(34)33-11-9-32(2)10-12-33/h3-7,13-15,24,27,30,34H,8-12H2,1-2H3,(H2,28,29,31). The normalized spacial score (nSPS) is 19.5. The van der Waals surface area contributed by atoms with Crippen LogP contribution in [0.3, 0.4) is 0 Å². The lowest BCUT2D eigenvalue weighted by Crippen LogP contribution is -2.45. The molecule has 1 atom stereocenters. The molecule has 2 aromatic carbocycles. The van der Waals surface area contributed by atoms with Gasteiger partial charge in [0.15, 0.2) is 0 Å². The van der Waals surface area contributed by atoms with Crippen molar-refractivity contribution in [2.45, 2.75) is 13.2 Å². The van der Waals surface area contributed by atoms with Gasteiger partial charge in [0.2, 0.25) is 5.96 Å². The van der Waals surface area contributed by atoms with Crippen molar-refractivity contribution in [2.75, 3.05) is 50.5 Å². The van der Waals surface area contributed by atoms with Crippen LogP contribution in [0.1, 0.15) is 22.9 Å². The Morgan fingerprint density at radius 2 is 1.85 bits per heavy atom. The molecule has 0 radical (unpaired) electrons. The first-order chi connectivity index (χ1) is 16.5. The Kier molecular flexibility index (Phi) is 6.47. The van der Waals surface area contributed by atoms with Gasteiger partial charge in [-0.1, -0.05) is 23.7 Å². The number of guanidine groups is 1. The van der Waals surface area contributed by atoms with Crippen molar-refractivity contribution >= 4 is 40.2 Å². The molecule has 9 heteroatoms. The van der Waals surface area contributed by atoms with E-state index in [2.05, 4.69) is 57.4 Å². The van der Waals surface area contributed by atoms with E-state index in [0.717, 1.165) is 77.1 Å². The summed E-state index contributed by atoms with van der Waals surface area (Å²) in [5.74, 6) is 0.600. The highest BCUT2D eigenvalue weighted by molar-refractivity contribution is 6.37. The Labute approximate surface area is 205 Å². The first kappa shape index (κ1) is 22.7. The maximum Gasteiger partial charge on any atom is 0.220 e. The number of aliphatic hydroxyl groups excluding tert-OH is 1. The molecule has 0 saturated carbocycles. The molecule has 0 aliphatic carbocycles. The Hall–Kier alpha value is -3.04. The van der Waals surface area contributed by atoms with Gasteiger partial charge in [-0.2, -0.15) is 0 Å². The predicted molar refractivity (Wildman–Crippen MR) is 139 cm³/mol. The SMILES string of the molecule is Cc1cc2c(cc1C1=CNCC=C1Cl)NNC(Nc1ccc(C(O)N3CCN(C)CC3)cc1)=N2. The highest BCUT2D eigenvalue weighted by Crippen LogP contribution is 2.36. The number of benzene rings is 2. The molecule has 2 aromatic rings. The number of piperazine rings is 1. The lowest BCUT2D eigenvalue weighted by molar-refractivity contribution is -0.0232. The van der Waals surface area contributed by atoms with E-state index in [1.54, 1.807) is 0 Å². The van der Waals surface area contributed by atoms with E-state index in [9.17, 15) is 5.11 Å². The van der Waals surface area contributed by atoms with Gasteiger partial charge in [-0.05, 0) is 61.0 Å². The average Bonchev–Trinajstić information content (AvgIpc) is 2.85. The fraction of sp³-hybridized carbons (Fsp3) is 0.320. The van der Waals surface area contributed by atoms with E-state index >= 15 is 0 Å². The molecule has 34 heavy (non-hydrogen) atoms. The molecule has 0 amide bonds. The zero-order chi connectivity index (χ0) is 23.7. The Bertz CT molecular complexity index is 1150. The van der Waals surface area contributed by atoms with Crippen LogP contribution >= 0.6 is 11.6 Å². The van der Waals surface area contributed by atoms with Gasteiger partial charge in [-0.3, -0.25) is 15.8 Å². The average molecular weight is 480 g/mol. The summed E-state index contributed by atoms with van der Waals surface area (Å²) in [6.07, 6.45) is 3.33. The van der Waals surface area contributed by atoms with Gasteiger partial charge < -0.3 is 20.6 Å². The number of hydrazine groups is 1. The smallest absolute Gasteiger partial charge is 0.220 e. The molecule has 1 saturated heterocycles. The van der Waals surface area contributed by atoms with E-state index < -0.39 is 6.23 Å². The summed E-state index contributed by atoms with van der Waals surface area (Å²) < 4.78 is 0. The summed E-state index contributed by atoms with van der Waals surface area (Å²) in [6, 6.07) is 11.9. The lowest BCUT2D eigenvalue weighted by Gasteiger charge is -2.35. The van der Waals surface area contributed by atoms with E-state index in [1.165, 1.54) is 0 Å². The largest absolute Gasteiger partial charge is 0.387 e. The second-order valence-corrected chi connectivity index (χ2v) is 9.28. The number of aliphatic hydroxyl groups is 1. The van der Waals surface area contributed by atoms with Crippen molar-refractivity contribution < 1.29 is 5.11 Å². The van der Waals surface area contributed by atoms with Crippen LogP contribution in [0.2, 0.25) is 0 Å². The summed E-state index contributed by atoms with van der Waals surface area (Å²) in [7, 11) is 2.11. The molecule has 3 heterocycles. The predicted octanol–water partition coefficient (Wildman–Crippen LogP) is 3.33. The number of aryl methyl sites for hydroxylation is 1. The zero-order valence-corrected chi connectivity index (χ0v) is 20.2. The minimum absolute atomic E-state index is 0.587. The lowest BCUT2D eigenvalue weighted by atomic mass is 9.98. The number of rotatable bonds is 4. The van der Waals surface area contributed by atoms with Crippen LogP contribution in [0.25, 0.3) is 5.57 Å². The number of nitrogens with zero attached hydrogens (tertiary/aromatic N) is 3. The number of halogens is 1. The van der Waals surface area contributed by atoms with Crippen molar-refractivity contribution in [2.24, 2.45) is 4.99 Å². The second-order valence-electron chi connectivity index (χ2n) is 8.87. The van der Waals surface area contributed by atoms with Crippen LogP contribution in [-0.4, -0.2) is 60.6 Å². The van der Waals surface area contributed by atoms with Gasteiger partial charge >= 0.3 is 0 Å². The van der Waals surface area contributed by atoms with Crippen molar-refractivity contribution in [3.05, 3.63) is 70.4 Å². The van der Waals surface area contributed by atoms with Gasteiger partial charge in [0, 0.05) is 55.2 Å². The fourth-order valence-corrected chi connectivity index (χ4v) is 4.59. The minimum Gasteiger partial charge on any atom is -0.387 e. The molecule has 1 unspecified atom stereocenters. The third-order valence-corrected chi connectivity index (χ3v) is 6.80. The molecule has 5 N–H and O–H groups in total. The minimum atomic E-state index is -0.587. The number of hydrogen-bond acceptors (Lipinski definition) is 8. The van der Waals surface area contributed by atoms with Gasteiger partial charge in [0.05, 0.1) is 11.4 Å². The molecule has 5 rings (SSSR count). The number of allylic oxidation sites excluding steroid dienone is 2. The highest BCUT2D eigenvalue weighted by atomic mass is 35.5. The maximum absolute atomic E-state index is 10.7. The Balaban J connectivity index is 1.28. The van der Waals surface area contributed by atoms with Crippen LogP contribution in [0.5, 0.6) is 0 Å².